The number of aliphatic hydroxyl groups is 1. The van der Waals surface area contributed by atoms with Crippen molar-refractivity contribution in [3.8, 4) is 5.75 Å². The third kappa shape index (κ3) is 4.44. The van der Waals surface area contributed by atoms with Gasteiger partial charge in [-0.25, -0.2) is 0 Å². The molecular formula is C14H21F2NO2. The Morgan fingerprint density at radius 1 is 1.26 bits per heavy atom. The van der Waals surface area contributed by atoms with Crippen LogP contribution in [0.2, 0.25) is 0 Å². The van der Waals surface area contributed by atoms with Crippen LogP contribution in [0.5, 0.6) is 5.75 Å². The Bertz CT molecular complexity index is 373. The summed E-state index contributed by atoms with van der Waals surface area (Å²) in [6.45, 7) is 1.52. The number of benzene rings is 1. The Kier molecular flexibility index (Phi) is 6.18. The molecule has 2 N–H and O–H groups in total. The molecule has 0 saturated heterocycles. The molecule has 0 saturated carbocycles. The number of aliphatic hydroxyl groups excluding tert-OH is 1. The zero-order chi connectivity index (χ0) is 14.3. The van der Waals surface area contributed by atoms with Crippen molar-refractivity contribution in [2.24, 2.45) is 0 Å². The summed E-state index contributed by atoms with van der Waals surface area (Å²) in [6, 6.07) is 6.67. The fraction of sp³-hybridized carbons (Fsp3) is 0.571. The van der Waals surface area contributed by atoms with E-state index in [1.807, 2.05) is 13.8 Å². The van der Waals surface area contributed by atoms with Crippen molar-refractivity contribution in [1.82, 2.24) is 5.32 Å². The van der Waals surface area contributed by atoms with Crippen LogP contribution in [-0.2, 0) is 6.54 Å². The average molecular weight is 273 g/mol. The molecule has 0 bridgehead atoms. The van der Waals surface area contributed by atoms with E-state index >= 15 is 0 Å². The standard InChI is InChI=1S/C14H21F2NO2/c1-3-14(4-2,10-18)17-9-11-7-5-6-8-12(11)19-13(15)16/h5-8,13,17-18H,3-4,9-10H2,1-2H3. The smallest absolute Gasteiger partial charge is 0.387 e. The number of para-hydroxylation sites is 1. The van der Waals surface area contributed by atoms with Gasteiger partial charge in [0.25, 0.3) is 0 Å². The summed E-state index contributed by atoms with van der Waals surface area (Å²) in [7, 11) is 0. The Morgan fingerprint density at radius 3 is 2.42 bits per heavy atom. The number of alkyl halides is 2. The van der Waals surface area contributed by atoms with Gasteiger partial charge >= 0.3 is 6.61 Å². The highest BCUT2D eigenvalue weighted by Gasteiger charge is 2.24. The first kappa shape index (κ1) is 15.9. The summed E-state index contributed by atoms with van der Waals surface area (Å²) in [5.74, 6) is 0.170. The number of rotatable bonds is 8. The van der Waals surface area contributed by atoms with Crippen molar-refractivity contribution in [3.05, 3.63) is 29.8 Å². The van der Waals surface area contributed by atoms with Crippen LogP contribution in [0, 0.1) is 0 Å². The van der Waals surface area contributed by atoms with Gasteiger partial charge in [0, 0.05) is 17.6 Å². The van der Waals surface area contributed by atoms with Gasteiger partial charge in [0.2, 0.25) is 0 Å². The van der Waals surface area contributed by atoms with E-state index in [2.05, 4.69) is 10.1 Å². The first-order chi connectivity index (χ1) is 9.06. The Morgan fingerprint density at radius 2 is 1.89 bits per heavy atom. The van der Waals surface area contributed by atoms with Crippen molar-refractivity contribution in [3.63, 3.8) is 0 Å². The second-order valence-corrected chi connectivity index (χ2v) is 4.49. The van der Waals surface area contributed by atoms with Crippen LogP contribution in [-0.4, -0.2) is 23.9 Å². The SMILES string of the molecule is CCC(CC)(CO)NCc1ccccc1OC(F)F. The Hall–Kier alpha value is -1.20. The van der Waals surface area contributed by atoms with Crippen molar-refractivity contribution < 1.29 is 18.6 Å². The molecule has 0 aliphatic rings. The largest absolute Gasteiger partial charge is 0.434 e. The minimum absolute atomic E-state index is 0.0118. The quantitative estimate of drug-likeness (QED) is 0.765. The molecule has 0 spiro atoms. The lowest BCUT2D eigenvalue weighted by Crippen LogP contribution is -2.47. The molecule has 0 heterocycles. The molecule has 19 heavy (non-hydrogen) atoms. The average Bonchev–Trinajstić information content (AvgIpc) is 2.42. The highest BCUT2D eigenvalue weighted by molar-refractivity contribution is 5.33. The van der Waals surface area contributed by atoms with E-state index in [1.54, 1.807) is 18.2 Å². The van der Waals surface area contributed by atoms with Crippen molar-refractivity contribution in [1.29, 1.82) is 0 Å². The van der Waals surface area contributed by atoms with E-state index in [-0.39, 0.29) is 17.9 Å². The highest BCUT2D eigenvalue weighted by Crippen LogP contribution is 2.22. The van der Waals surface area contributed by atoms with Gasteiger partial charge in [0.15, 0.2) is 0 Å². The molecular weight excluding hydrogens is 252 g/mol. The molecule has 1 rings (SSSR count). The molecule has 1 aromatic carbocycles. The molecule has 0 unspecified atom stereocenters. The third-order valence-electron chi connectivity index (χ3n) is 3.50. The lowest BCUT2D eigenvalue weighted by molar-refractivity contribution is -0.0505. The minimum atomic E-state index is -2.83. The van der Waals surface area contributed by atoms with Gasteiger partial charge in [0.05, 0.1) is 6.61 Å². The van der Waals surface area contributed by atoms with Crippen LogP contribution in [0.3, 0.4) is 0 Å². The van der Waals surface area contributed by atoms with Gasteiger partial charge in [-0.1, -0.05) is 32.0 Å². The summed E-state index contributed by atoms with van der Waals surface area (Å²) < 4.78 is 29.1. The fourth-order valence-corrected chi connectivity index (χ4v) is 1.92. The van der Waals surface area contributed by atoms with Gasteiger partial charge < -0.3 is 15.2 Å². The van der Waals surface area contributed by atoms with Crippen LogP contribution in [0.1, 0.15) is 32.3 Å². The van der Waals surface area contributed by atoms with Crippen LogP contribution < -0.4 is 10.1 Å². The van der Waals surface area contributed by atoms with Crippen LogP contribution in [0.15, 0.2) is 24.3 Å². The molecule has 0 amide bonds. The Balaban J connectivity index is 2.76. The molecule has 0 fully saturated rings. The maximum atomic E-state index is 12.3. The van der Waals surface area contributed by atoms with Gasteiger partial charge in [-0.2, -0.15) is 8.78 Å². The number of hydrogen-bond acceptors (Lipinski definition) is 3. The van der Waals surface area contributed by atoms with E-state index < -0.39 is 6.61 Å². The van der Waals surface area contributed by atoms with Crippen LogP contribution >= 0.6 is 0 Å². The number of hydrogen-bond donors (Lipinski definition) is 2. The predicted octanol–water partition coefficient (Wildman–Crippen LogP) is 2.93. The molecule has 5 heteroatoms. The van der Waals surface area contributed by atoms with Gasteiger partial charge in [-0.15, -0.1) is 0 Å². The number of halogens is 2. The normalized spacial score (nSPS) is 11.9. The second-order valence-electron chi connectivity index (χ2n) is 4.49. The molecule has 0 aliphatic carbocycles. The zero-order valence-corrected chi connectivity index (χ0v) is 11.3. The van der Waals surface area contributed by atoms with Crippen molar-refractivity contribution >= 4 is 0 Å². The predicted molar refractivity (Wildman–Crippen MR) is 70.3 cm³/mol. The number of nitrogens with one attached hydrogen (secondary N) is 1. The minimum Gasteiger partial charge on any atom is -0.434 e. The molecule has 0 aromatic heterocycles. The molecule has 108 valence electrons. The van der Waals surface area contributed by atoms with Gasteiger partial charge in [0.1, 0.15) is 5.75 Å². The summed E-state index contributed by atoms with van der Waals surface area (Å²) in [5.41, 5.74) is 0.278. The molecule has 0 aliphatic heterocycles. The van der Waals surface area contributed by atoms with E-state index in [1.165, 1.54) is 6.07 Å². The van der Waals surface area contributed by atoms with E-state index in [9.17, 15) is 13.9 Å². The van der Waals surface area contributed by atoms with Gasteiger partial charge in [-0.3, -0.25) is 0 Å². The summed E-state index contributed by atoms with van der Waals surface area (Å²) in [5, 5.41) is 12.7. The monoisotopic (exact) mass is 273 g/mol. The molecule has 0 atom stereocenters. The summed E-state index contributed by atoms with van der Waals surface area (Å²) >= 11 is 0. The lowest BCUT2D eigenvalue weighted by atomic mass is 9.93. The zero-order valence-electron chi connectivity index (χ0n) is 11.3. The van der Waals surface area contributed by atoms with Crippen LogP contribution in [0.4, 0.5) is 8.78 Å². The highest BCUT2D eigenvalue weighted by atomic mass is 19.3. The summed E-state index contributed by atoms with van der Waals surface area (Å²) in [4.78, 5) is 0. The van der Waals surface area contributed by atoms with Gasteiger partial charge in [-0.05, 0) is 18.9 Å². The maximum Gasteiger partial charge on any atom is 0.387 e. The van der Waals surface area contributed by atoms with Crippen molar-refractivity contribution in [2.75, 3.05) is 6.61 Å². The van der Waals surface area contributed by atoms with E-state index in [4.69, 9.17) is 0 Å². The molecule has 1 aromatic rings. The van der Waals surface area contributed by atoms with E-state index in [0.29, 0.717) is 12.1 Å². The summed E-state index contributed by atoms with van der Waals surface area (Å²) in [6.07, 6.45) is 1.52. The first-order valence-corrected chi connectivity index (χ1v) is 6.45. The Labute approximate surface area is 112 Å². The van der Waals surface area contributed by atoms with E-state index in [0.717, 1.165) is 12.8 Å². The van der Waals surface area contributed by atoms with Crippen LogP contribution in [0.25, 0.3) is 0 Å². The first-order valence-electron chi connectivity index (χ1n) is 6.45. The fourth-order valence-electron chi connectivity index (χ4n) is 1.92. The molecule has 0 radical (unpaired) electrons. The third-order valence-corrected chi connectivity index (χ3v) is 3.50. The second kappa shape index (κ2) is 7.40. The molecule has 3 nitrogen and oxygen atoms in total. The topological polar surface area (TPSA) is 41.5 Å². The maximum absolute atomic E-state index is 12.3. The lowest BCUT2D eigenvalue weighted by Gasteiger charge is -2.31. The van der Waals surface area contributed by atoms with Crippen molar-refractivity contribution in [2.45, 2.75) is 45.4 Å². The number of ether oxygens (including phenoxy) is 1.